The molecule has 4 amide bonds. The van der Waals surface area contributed by atoms with E-state index in [1.165, 1.54) is 6.92 Å². The molecule has 12 atom stereocenters. The molecule has 1 saturated heterocycles. The Morgan fingerprint density at radius 1 is 0.939 bits per heavy atom. The molecule has 0 spiro atoms. The summed E-state index contributed by atoms with van der Waals surface area (Å²) < 4.78 is 13.4. The molecule has 5 aliphatic rings. The summed E-state index contributed by atoms with van der Waals surface area (Å²) in [6.45, 7) is 10.8. The van der Waals surface area contributed by atoms with Gasteiger partial charge in [0.15, 0.2) is 23.5 Å². The Labute approximate surface area is 388 Å². The fourth-order valence-electron chi connectivity index (χ4n) is 12.0. The second-order valence-corrected chi connectivity index (χ2v) is 20.0. The third-order valence-electron chi connectivity index (χ3n) is 15.4. The summed E-state index contributed by atoms with van der Waals surface area (Å²) in [6, 6.07) is 13.3. The molecule has 356 valence electrons. The summed E-state index contributed by atoms with van der Waals surface area (Å²) in [4.78, 5) is 76.9. The summed E-state index contributed by atoms with van der Waals surface area (Å²) in [7, 11) is 0. The molecule has 2 aromatic carbocycles. The van der Waals surface area contributed by atoms with Crippen molar-refractivity contribution in [2.24, 2.45) is 34.5 Å². The Hall–Kier alpha value is -5.02. The standard InChI is InChI=1S/C52H68N4O10/c1-7-8-10-30(2)23-45(62)53-22-20-44(61)54-31(3)47(63)55-32(4)48(64)56-37-12-9-11-34(25-37)24-33-13-15-35(16-14-33)49-65-43-27-40-39-18-17-36-26-38(58)19-21-50(36,5)46(39)41(59)28-51(40,6)52(43,66-49)42(60)29-57/h9,11-16,19,21,25-26,30-32,39-41,43,46,49,57,59H,7-8,10,17-18,20,22-24,27-29H2,1-6H3,(H,53,62)(H,54,61)(H,55,63)(H,56,64)/t30?,31-,32-,39-,40-,41-,43+,46+,49+,50-,51-,52+/m0/s1. The van der Waals surface area contributed by atoms with Crippen LogP contribution in [-0.4, -0.2) is 88.5 Å². The van der Waals surface area contributed by atoms with Crippen molar-refractivity contribution in [1.29, 1.82) is 0 Å². The minimum Gasteiger partial charge on any atom is -0.393 e. The van der Waals surface area contributed by atoms with Gasteiger partial charge in [0.25, 0.3) is 0 Å². The van der Waals surface area contributed by atoms with Crippen molar-refractivity contribution in [3.8, 4) is 0 Å². The number of ketones is 2. The lowest BCUT2D eigenvalue weighted by Gasteiger charge is -2.59. The number of rotatable bonds is 18. The molecule has 1 unspecified atom stereocenters. The van der Waals surface area contributed by atoms with Gasteiger partial charge in [0.2, 0.25) is 23.6 Å². The van der Waals surface area contributed by atoms with Gasteiger partial charge in [-0.25, -0.2) is 0 Å². The molecule has 0 radical (unpaired) electrons. The number of Topliss-reactive ketones (excluding diaryl/α,β-unsaturated/α-hetero) is 1. The number of hydrogen-bond acceptors (Lipinski definition) is 10. The number of carbonyl (C=O) groups excluding carboxylic acids is 6. The zero-order valence-electron chi connectivity index (χ0n) is 39.2. The predicted octanol–water partition coefficient (Wildman–Crippen LogP) is 5.55. The number of anilines is 1. The van der Waals surface area contributed by atoms with E-state index in [0.717, 1.165) is 54.4 Å². The Morgan fingerprint density at radius 3 is 2.41 bits per heavy atom. The van der Waals surface area contributed by atoms with Gasteiger partial charge >= 0.3 is 0 Å². The molecular weight excluding hydrogens is 841 g/mol. The van der Waals surface area contributed by atoms with E-state index in [1.54, 1.807) is 25.1 Å². The lowest BCUT2D eigenvalue weighted by Crippen LogP contribution is -2.63. The van der Waals surface area contributed by atoms with E-state index < -0.39 is 71.2 Å². The summed E-state index contributed by atoms with van der Waals surface area (Å²) in [6.07, 6.45) is 9.54. The largest absolute Gasteiger partial charge is 0.393 e. The number of allylic oxidation sites excluding steroid dienone is 4. The van der Waals surface area contributed by atoms with Crippen LogP contribution in [0.2, 0.25) is 0 Å². The van der Waals surface area contributed by atoms with E-state index in [0.29, 0.717) is 31.4 Å². The van der Waals surface area contributed by atoms with Gasteiger partial charge in [-0.3, -0.25) is 28.8 Å². The molecule has 0 bridgehead atoms. The minimum absolute atomic E-state index is 0.00300. The smallest absolute Gasteiger partial charge is 0.246 e. The number of hydrogen-bond donors (Lipinski definition) is 6. The van der Waals surface area contributed by atoms with Crippen molar-refractivity contribution in [3.05, 3.63) is 89.0 Å². The first-order valence-electron chi connectivity index (χ1n) is 23.9. The van der Waals surface area contributed by atoms with Crippen LogP contribution in [0.15, 0.2) is 72.3 Å². The highest BCUT2D eigenvalue weighted by molar-refractivity contribution is 6.01. The van der Waals surface area contributed by atoms with Crippen LogP contribution in [0.4, 0.5) is 5.69 Å². The third-order valence-corrected chi connectivity index (χ3v) is 15.4. The zero-order chi connectivity index (χ0) is 47.6. The third kappa shape index (κ3) is 9.70. The summed E-state index contributed by atoms with van der Waals surface area (Å²) in [5.74, 6) is -1.69. The summed E-state index contributed by atoms with van der Waals surface area (Å²) in [5, 5.41) is 33.2. The number of benzene rings is 2. The molecule has 14 nitrogen and oxygen atoms in total. The number of ether oxygens (including phenoxy) is 2. The van der Waals surface area contributed by atoms with Crippen molar-refractivity contribution in [3.63, 3.8) is 0 Å². The predicted molar refractivity (Wildman–Crippen MR) is 247 cm³/mol. The fraction of sp³-hybridized carbons (Fsp3) is 0.577. The number of aliphatic hydroxyl groups is 2. The molecule has 66 heavy (non-hydrogen) atoms. The van der Waals surface area contributed by atoms with Gasteiger partial charge in [0, 0.05) is 47.4 Å². The molecule has 2 aromatic rings. The molecule has 1 aliphatic heterocycles. The second kappa shape index (κ2) is 20.1. The number of carbonyl (C=O) groups is 6. The lowest BCUT2D eigenvalue weighted by molar-refractivity contribution is -0.201. The molecule has 3 saturated carbocycles. The first kappa shape index (κ1) is 48.9. The maximum absolute atomic E-state index is 14.0. The molecule has 4 aliphatic carbocycles. The Kier molecular flexibility index (Phi) is 14.9. The van der Waals surface area contributed by atoms with Crippen LogP contribution >= 0.6 is 0 Å². The van der Waals surface area contributed by atoms with Crippen LogP contribution in [0.1, 0.15) is 122 Å². The van der Waals surface area contributed by atoms with Crippen LogP contribution < -0.4 is 21.3 Å². The van der Waals surface area contributed by atoms with Gasteiger partial charge in [0.1, 0.15) is 18.7 Å². The number of nitrogens with one attached hydrogen (secondary N) is 4. The van der Waals surface area contributed by atoms with E-state index in [9.17, 15) is 39.0 Å². The second-order valence-electron chi connectivity index (χ2n) is 20.0. The minimum atomic E-state index is -1.44. The van der Waals surface area contributed by atoms with Crippen molar-refractivity contribution in [1.82, 2.24) is 16.0 Å². The average molecular weight is 909 g/mol. The fourth-order valence-corrected chi connectivity index (χ4v) is 12.0. The van der Waals surface area contributed by atoms with Gasteiger partial charge < -0.3 is 41.0 Å². The van der Waals surface area contributed by atoms with E-state index in [4.69, 9.17) is 9.47 Å². The highest BCUT2D eigenvalue weighted by Crippen LogP contribution is 2.70. The highest BCUT2D eigenvalue weighted by Gasteiger charge is 2.76. The van der Waals surface area contributed by atoms with Gasteiger partial charge in [0.05, 0.1) is 12.2 Å². The van der Waals surface area contributed by atoms with Gasteiger partial charge in [-0.15, -0.1) is 0 Å². The first-order chi connectivity index (χ1) is 31.4. The van der Waals surface area contributed by atoms with Crippen LogP contribution in [0, 0.1) is 34.5 Å². The van der Waals surface area contributed by atoms with Crippen molar-refractivity contribution in [2.45, 2.75) is 142 Å². The Morgan fingerprint density at radius 2 is 1.68 bits per heavy atom. The molecule has 7 rings (SSSR count). The zero-order valence-corrected chi connectivity index (χ0v) is 39.2. The van der Waals surface area contributed by atoms with Gasteiger partial charge in [-0.1, -0.05) is 95.0 Å². The maximum Gasteiger partial charge on any atom is 0.246 e. The first-order valence-corrected chi connectivity index (χ1v) is 23.9. The molecule has 6 N–H and O–H groups in total. The molecular formula is C52H68N4O10. The van der Waals surface area contributed by atoms with Crippen LogP contribution in [0.25, 0.3) is 0 Å². The molecule has 14 heteroatoms. The monoisotopic (exact) mass is 908 g/mol. The topological polar surface area (TPSA) is 209 Å². The molecule has 0 aromatic heterocycles. The SMILES string of the molecule is CCCCC(C)CC(=O)NCCC(=O)N[C@@H](C)C(=O)N[C@@H](C)C(=O)Nc1cccc(Cc2ccc([C@@H]3O[C@@H]4C[C@H]5[C@@H]6CCC7=CC(=O)C=C[C@]7(C)[C@H]6[C@@H](O)C[C@]5(C)[C@]4(C(=O)CO)O3)cc2)c1. The Bertz CT molecular complexity index is 2240. The van der Waals surface area contributed by atoms with Crippen molar-refractivity contribution >= 4 is 40.9 Å². The van der Waals surface area contributed by atoms with Crippen molar-refractivity contribution in [2.75, 3.05) is 18.5 Å². The number of aliphatic hydroxyl groups excluding tert-OH is 2. The molecule has 4 fully saturated rings. The van der Waals surface area contributed by atoms with E-state index in [-0.39, 0.29) is 54.2 Å². The van der Waals surface area contributed by atoms with Crippen molar-refractivity contribution < 1.29 is 48.5 Å². The van der Waals surface area contributed by atoms with E-state index in [2.05, 4.69) is 35.1 Å². The summed E-state index contributed by atoms with van der Waals surface area (Å²) >= 11 is 0. The van der Waals surface area contributed by atoms with Gasteiger partial charge in [-0.2, -0.15) is 0 Å². The Balaban J connectivity index is 0.913. The highest BCUT2D eigenvalue weighted by atomic mass is 16.7. The lowest BCUT2D eigenvalue weighted by atomic mass is 9.46. The average Bonchev–Trinajstić information content (AvgIpc) is 3.78. The molecule has 1 heterocycles. The number of fused-ring (bicyclic) bond motifs is 7. The van der Waals surface area contributed by atoms with Crippen LogP contribution in [0.3, 0.4) is 0 Å². The summed E-state index contributed by atoms with van der Waals surface area (Å²) in [5.41, 5.74) is 1.53. The number of unbranched alkanes of at least 4 members (excludes halogenated alkanes) is 1. The maximum atomic E-state index is 14.0. The van der Waals surface area contributed by atoms with Crippen LogP contribution in [-0.2, 0) is 44.7 Å². The normalized spacial score (nSPS) is 30.9. The van der Waals surface area contributed by atoms with E-state index in [1.807, 2.05) is 62.4 Å². The van der Waals surface area contributed by atoms with Crippen LogP contribution in [0.5, 0.6) is 0 Å². The quantitative estimate of drug-likeness (QED) is 0.110. The van der Waals surface area contributed by atoms with E-state index >= 15 is 0 Å². The number of amides is 4. The van der Waals surface area contributed by atoms with Gasteiger partial charge in [-0.05, 0) is 99.1 Å².